The summed E-state index contributed by atoms with van der Waals surface area (Å²) in [7, 11) is 0. The average Bonchev–Trinajstić information content (AvgIpc) is 3.31. The molecule has 1 saturated heterocycles. The fourth-order valence-corrected chi connectivity index (χ4v) is 4.78. The highest BCUT2D eigenvalue weighted by molar-refractivity contribution is 7.09. The van der Waals surface area contributed by atoms with Crippen molar-refractivity contribution in [1.29, 1.82) is 0 Å². The highest BCUT2D eigenvalue weighted by Gasteiger charge is 2.32. The Morgan fingerprint density at radius 3 is 2.64 bits per heavy atom. The minimum atomic E-state index is 0.263. The largest absolute Gasteiger partial charge is 0.355 e. The van der Waals surface area contributed by atoms with Crippen molar-refractivity contribution in [3.63, 3.8) is 0 Å². The second kappa shape index (κ2) is 7.23. The topological polar surface area (TPSA) is 72.1 Å². The van der Waals surface area contributed by atoms with Crippen LogP contribution in [0.1, 0.15) is 62.3 Å². The second-order valence-electron chi connectivity index (χ2n) is 7.25. The van der Waals surface area contributed by atoms with Crippen LogP contribution in [-0.4, -0.2) is 38.6 Å². The maximum absolute atomic E-state index is 12.7. The lowest BCUT2D eigenvalue weighted by molar-refractivity contribution is -0.137. The maximum atomic E-state index is 12.7. The summed E-state index contributed by atoms with van der Waals surface area (Å²) in [6.07, 6.45) is 7.74. The quantitative estimate of drug-likeness (QED) is 0.833. The zero-order chi connectivity index (χ0) is 17.2. The molecule has 1 aliphatic carbocycles. The van der Waals surface area contributed by atoms with E-state index in [2.05, 4.69) is 19.6 Å². The Labute approximate surface area is 151 Å². The van der Waals surface area contributed by atoms with Gasteiger partial charge in [0.15, 0.2) is 5.76 Å². The van der Waals surface area contributed by atoms with E-state index in [-0.39, 0.29) is 5.92 Å². The Hall–Kier alpha value is -1.76. The van der Waals surface area contributed by atoms with Gasteiger partial charge >= 0.3 is 0 Å². The number of aryl methyl sites for hydroxylation is 1. The van der Waals surface area contributed by atoms with Gasteiger partial charge in [0.05, 0.1) is 11.4 Å². The Balaban J connectivity index is 1.41. The van der Waals surface area contributed by atoms with Crippen LogP contribution in [-0.2, 0) is 4.79 Å². The van der Waals surface area contributed by atoms with Gasteiger partial charge in [-0.05, 0) is 44.1 Å². The van der Waals surface area contributed by atoms with E-state index in [1.165, 1.54) is 30.8 Å². The first-order valence-corrected chi connectivity index (χ1v) is 10.0. The van der Waals surface area contributed by atoms with Crippen molar-refractivity contribution < 1.29 is 9.32 Å². The van der Waals surface area contributed by atoms with E-state index in [0.29, 0.717) is 11.8 Å². The van der Waals surface area contributed by atoms with Crippen molar-refractivity contribution in [2.75, 3.05) is 13.1 Å². The van der Waals surface area contributed by atoms with Crippen LogP contribution in [0.4, 0.5) is 0 Å². The summed E-state index contributed by atoms with van der Waals surface area (Å²) in [6.45, 7) is 3.56. The van der Waals surface area contributed by atoms with Gasteiger partial charge in [-0.1, -0.05) is 28.9 Å². The first-order valence-electron chi connectivity index (χ1n) is 9.27. The third-order valence-electron chi connectivity index (χ3n) is 5.51. The predicted molar refractivity (Wildman–Crippen MR) is 95.3 cm³/mol. The minimum Gasteiger partial charge on any atom is -0.355 e. The molecule has 2 aliphatic rings. The van der Waals surface area contributed by atoms with Gasteiger partial charge in [0, 0.05) is 31.0 Å². The van der Waals surface area contributed by atoms with E-state index < -0.39 is 0 Å². The molecule has 2 fully saturated rings. The van der Waals surface area contributed by atoms with E-state index in [1.54, 1.807) is 0 Å². The van der Waals surface area contributed by atoms with Crippen LogP contribution in [0.25, 0.3) is 10.6 Å². The Bertz CT molecular complexity index is 727. The van der Waals surface area contributed by atoms with Crippen LogP contribution in [0.5, 0.6) is 0 Å². The van der Waals surface area contributed by atoms with Crippen molar-refractivity contribution >= 4 is 17.4 Å². The Kier molecular flexibility index (Phi) is 4.83. The molecule has 1 amide bonds. The zero-order valence-electron chi connectivity index (χ0n) is 14.6. The van der Waals surface area contributed by atoms with E-state index in [4.69, 9.17) is 4.52 Å². The smallest absolute Gasteiger partial charge is 0.225 e. The second-order valence-corrected chi connectivity index (χ2v) is 8.01. The van der Waals surface area contributed by atoms with Crippen molar-refractivity contribution in [1.82, 2.24) is 19.6 Å². The summed E-state index contributed by atoms with van der Waals surface area (Å²) < 4.78 is 9.53. The fraction of sp³-hybridized carbons (Fsp3) is 0.667. The van der Waals surface area contributed by atoms with Crippen molar-refractivity contribution in [2.24, 2.45) is 5.92 Å². The highest BCUT2D eigenvalue weighted by atomic mass is 32.1. The number of rotatable bonds is 3. The molecule has 3 heterocycles. The molecule has 0 atom stereocenters. The molecule has 1 aliphatic heterocycles. The molecular formula is C18H24N4O2S. The number of nitrogens with zero attached hydrogens (tertiary/aromatic N) is 4. The van der Waals surface area contributed by atoms with Gasteiger partial charge in [0.25, 0.3) is 0 Å². The summed E-state index contributed by atoms with van der Waals surface area (Å²) in [6, 6.07) is 1.93. The lowest BCUT2D eigenvalue weighted by Gasteiger charge is -2.34. The maximum Gasteiger partial charge on any atom is 0.225 e. The SMILES string of the molecule is Cc1cc(-c2snnc2C2CCN(C(=O)C3CCCCC3)CC2)on1. The number of hydrogen-bond donors (Lipinski definition) is 0. The van der Waals surface area contributed by atoms with Gasteiger partial charge in [0.2, 0.25) is 5.91 Å². The molecule has 2 aromatic heterocycles. The number of aromatic nitrogens is 3. The molecule has 7 heteroatoms. The van der Waals surface area contributed by atoms with Crippen LogP contribution in [0.2, 0.25) is 0 Å². The lowest BCUT2D eigenvalue weighted by atomic mass is 9.86. The first kappa shape index (κ1) is 16.7. The van der Waals surface area contributed by atoms with Crippen molar-refractivity contribution in [3.05, 3.63) is 17.5 Å². The lowest BCUT2D eigenvalue weighted by Crippen LogP contribution is -2.42. The molecule has 0 radical (unpaired) electrons. The standard InChI is InChI=1S/C18H24N4O2S/c1-12-11-15(24-20-12)17-16(19-21-25-17)13-7-9-22(10-8-13)18(23)14-5-3-2-4-6-14/h11,13-14H,2-10H2,1H3. The first-order chi connectivity index (χ1) is 12.2. The van der Waals surface area contributed by atoms with Gasteiger partial charge in [-0.15, -0.1) is 5.10 Å². The molecule has 0 spiro atoms. The molecule has 0 N–H and O–H groups in total. The highest BCUT2D eigenvalue weighted by Crippen LogP contribution is 2.37. The van der Waals surface area contributed by atoms with Crippen LogP contribution in [0.15, 0.2) is 10.6 Å². The summed E-state index contributed by atoms with van der Waals surface area (Å²) in [5, 5.41) is 8.33. The average molecular weight is 360 g/mol. The fourth-order valence-electron chi connectivity index (χ4n) is 4.09. The van der Waals surface area contributed by atoms with Crippen LogP contribution in [0, 0.1) is 12.8 Å². The predicted octanol–water partition coefficient (Wildman–Crippen LogP) is 3.79. The third-order valence-corrected chi connectivity index (χ3v) is 6.27. The number of likely N-dealkylation sites (tertiary alicyclic amines) is 1. The van der Waals surface area contributed by atoms with Gasteiger partial charge in [-0.3, -0.25) is 4.79 Å². The normalized spacial score (nSPS) is 20.1. The molecule has 1 saturated carbocycles. The molecule has 25 heavy (non-hydrogen) atoms. The summed E-state index contributed by atoms with van der Waals surface area (Å²) in [5.74, 6) is 1.73. The number of hydrogen-bond acceptors (Lipinski definition) is 6. The molecule has 0 aromatic carbocycles. The molecule has 0 unspecified atom stereocenters. The van der Waals surface area contributed by atoms with Crippen LogP contribution >= 0.6 is 11.5 Å². The number of carbonyl (C=O) groups is 1. The van der Waals surface area contributed by atoms with Crippen LogP contribution < -0.4 is 0 Å². The monoisotopic (exact) mass is 360 g/mol. The summed E-state index contributed by atoms with van der Waals surface area (Å²) in [4.78, 5) is 15.8. The van der Waals surface area contributed by atoms with E-state index in [1.807, 2.05) is 13.0 Å². The van der Waals surface area contributed by atoms with Gasteiger partial charge in [0.1, 0.15) is 4.88 Å². The molecule has 6 nitrogen and oxygen atoms in total. The minimum absolute atomic E-state index is 0.263. The summed E-state index contributed by atoms with van der Waals surface area (Å²) in [5.41, 5.74) is 1.87. The Morgan fingerprint density at radius 2 is 1.96 bits per heavy atom. The molecule has 0 bridgehead atoms. The van der Waals surface area contributed by atoms with Crippen LogP contribution in [0.3, 0.4) is 0 Å². The van der Waals surface area contributed by atoms with E-state index in [9.17, 15) is 4.79 Å². The molecule has 134 valence electrons. The molecule has 2 aromatic rings. The van der Waals surface area contributed by atoms with Crippen molar-refractivity contribution in [3.8, 4) is 10.6 Å². The summed E-state index contributed by atoms with van der Waals surface area (Å²) >= 11 is 1.36. The van der Waals surface area contributed by atoms with Gasteiger partial charge in [-0.2, -0.15) is 0 Å². The number of carbonyl (C=O) groups excluding carboxylic acids is 1. The molecular weight excluding hydrogens is 336 g/mol. The zero-order valence-corrected chi connectivity index (χ0v) is 15.4. The molecule has 4 rings (SSSR count). The van der Waals surface area contributed by atoms with Gasteiger partial charge < -0.3 is 9.42 Å². The third kappa shape index (κ3) is 3.47. The number of piperidine rings is 1. The number of amides is 1. The Morgan fingerprint density at radius 1 is 1.20 bits per heavy atom. The van der Waals surface area contributed by atoms with E-state index >= 15 is 0 Å². The van der Waals surface area contributed by atoms with Crippen molar-refractivity contribution in [2.45, 2.75) is 57.8 Å². The van der Waals surface area contributed by atoms with E-state index in [0.717, 1.165) is 60.8 Å². The van der Waals surface area contributed by atoms with Gasteiger partial charge in [-0.25, -0.2) is 0 Å².